The molecule has 0 aromatic heterocycles. The molecule has 20 heavy (non-hydrogen) atoms. The van der Waals surface area contributed by atoms with E-state index in [9.17, 15) is 4.79 Å². The highest BCUT2D eigenvalue weighted by atomic mass is 16.2. The molecule has 3 nitrogen and oxygen atoms in total. The van der Waals surface area contributed by atoms with Crippen LogP contribution in [0, 0.1) is 5.41 Å². The lowest BCUT2D eigenvalue weighted by Gasteiger charge is -2.30. The Bertz CT molecular complexity index is 518. The number of amides is 1. The van der Waals surface area contributed by atoms with Crippen molar-refractivity contribution < 1.29 is 4.79 Å². The van der Waals surface area contributed by atoms with Crippen molar-refractivity contribution in [3.63, 3.8) is 0 Å². The van der Waals surface area contributed by atoms with Crippen LogP contribution in [0.2, 0.25) is 0 Å². The van der Waals surface area contributed by atoms with Gasteiger partial charge in [-0.25, -0.2) is 0 Å². The van der Waals surface area contributed by atoms with Gasteiger partial charge in [-0.15, -0.1) is 0 Å². The van der Waals surface area contributed by atoms with Crippen molar-refractivity contribution in [3.05, 3.63) is 59.8 Å². The number of allylic oxidation sites excluding steroid dienone is 1. The van der Waals surface area contributed by atoms with E-state index in [2.05, 4.69) is 38.0 Å². The molecule has 1 atom stereocenters. The van der Waals surface area contributed by atoms with E-state index in [4.69, 9.17) is 0 Å². The van der Waals surface area contributed by atoms with Gasteiger partial charge >= 0.3 is 0 Å². The summed E-state index contributed by atoms with van der Waals surface area (Å²) in [6, 6.07) is 9.83. The molecular weight excluding hydrogens is 248 g/mol. The summed E-state index contributed by atoms with van der Waals surface area (Å²) >= 11 is 0. The Kier molecular flexibility index (Phi) is 3.98. The Labute approximate surface area is 120 Å². The summed E-state index contributed by atoms with van der Waals surface area (Å²) in [6.07, 6.45) is 2.60. The van der Waals surface area contributed by atoms with E-state index in [1.165, 1.54) is 0 Å². The van der Waals surface area contributed by atoms with Crippen LogP contribution in [0.5, 0.6) is 0 Å². The third-order valence-corrected chi connectivity index (χ3v) is 3.22. The van der Waals surface area contributed by atoms with E-state index < -0.39 is 0 Å². The fraction of sp³-hybridized carbons (Fsp3) is 0.353. The van der Waals surface area contributed by atoms with Crippen molar-refractivity contribution in [2.24, 2.45) is 5.41 Å². The summed E-state index contributed by atoms with van der Waals surface area (Å²) in [5, 5.41) is 6.22. The maximum absolute atomic E-state index is 12.2. The van der Waals surface area contributed by atoms with Gasteiger partial charge in [0, 0.05) is 5.70 Å². The first kappa shape index (κ1) is 14.4. The minimum absolute atomic E-state index is 0.0631. The second kappa shape index (κ2) is 5.53. The van der Waals surface area contributed by atoms with Gasteiger partial charge in [-0.2, -0.15) is 0 Å². The Balaban J connectivity index is 2.13. The SMILES string of the molecule is C=C1NC(c2ccccc2)NC(=O)/C1=C\CC(C)(C)C. The van der Waals surface area contributed by atoms with Crippen molar-refractivity contribution in [1.29, 1.82) is 0 Å². The van der Waals surface area contributed by atoms with Crippen LogP contribution in [0.1, 0.15) is 38.9 Å². The van der Waals surface area contributed by atoms with Crippen LogP contribution in [0.25, 0.3) is 0 Å². The van der Waals surface area contributed by atoms with Crippen molar-refractivity contribution in [1.82, 2.24) is 10.6 Å². The van der Waals surface area contributed by atoms with Gasteiger partial charge in [0.1, 0.15) is 6.17 Å². The second-order valence-corrected chi connectivity index (χ2v) is 6.32. The van der Waals surface area contributed by atoms with E-state index >= 15 is 0 Å². The normalized spacial score (nSPS) is 21.6. The molecule has 0 bridgehead atoms. The number of carbonyl (C=O) groups is 1. The molecule has 1 saturated heterocycles. The van der Waals surface area contributed by atoms with E-state index in [-0.39, 0.29) is 17.5 Å². The zero-order valence-corrected chi connectivity index (χ0v) is 12.4. The standard InChI is InChI=1S/C17H22N2O/c1-12-14(10-11-17(2,3)4)16(20)19-15(18-12)13-8-6-5-7-9-13/h5-10,15,18H,1,11H2,2-4H3,(H,19,20)/b14-10-. The average Bonchev–Trinajstić information content (AvgIpc) is 2.37. The number of rotatable bonds is 2. The van der Waals surface area contributed by atoms with Crippen molar-refractivity contribution in [2.75, 3.05) is 0 Å². The molecule has 106 valence electrons. The van der Waals surface area contributed by atoms with Gasteiger partial charge in [0.15, 0.2) is 0 Å². The average molecular weight is 270 g/mol. The second-order valence-electron chi connectivity index (χ2n) is 6.32. The quantitative estimate of drug-likeness (QED) is 0.810. The highest BCUT2D eigenvalue weighted by molar-refractivity contribution is 5.98. The largest absolute Gasteiger partial charge is 0.361 e. The highest BCUT2D eigenvalue weighted by Gasteiger charge is 2.26. The van der Waals surface area contributed by atoms with Crippen LogP contribution in [-0.4, -0.2) is 5.91 Å². The van der Waals surface area contributed by atoms with Crippen molar-refractivity contribution in [2.45, 2.75) is 33.4 Å². The predicted molar refractivity (Wildman–Crippen MR) is 81.8 cm³/mol. The van der Waals surface area contributed by atoms with E-state index in [0.717, 1.165) is 12.0 Å². The number of carbonyl (C=O) groups excluding carboxylic acids is 1. The van der Waals surface area contributed by atoms with Crippen LogP contribution in [0.3, 0.4) is 0 Å². The molecule has 1 fully saturated rings. The zero-order valence-electron chi connectivity index (χ0n) is 12.4. The molecule has 0 saturated carbocycles. The lowest BCUT2D eigenvalue weighted by molar-refractivity contribution is -0.118. The van der Waals surface area contributed by atoms with Gasteiger partial charge in [-0.05, 0) is 17.4 Å². The van der Waals surface area contributed by atoms with E-state index in [1.54, 1.807) is 0 Å². The third-order valence-electron chi connectivity index (χ3n) is 3.22. The first-order chi connectivity index (χ1) is 9.37. The number of hydrogen-bond acceptors (Lipinski definition) is 2. The number of benzene rings is 1. The van der Waals surface area contributed by atoms with Gasteiger partial charge < -0.3 is 10.6 Å². The topological polar surface area (TPSA) is 41.1 Å². The first-order valence-corrected chi connectivity index (χ1v) is 6.88. The van der Waals surface area contributed by atoms with Gasteiger partial charge in [-0.3, -0.25) is 4.79 Å². The zero-order chi connectivity index (χ0) is 14.8. The maximum Gasteiger partial charge on any atom is 0.254 e. The molecule has 2 rings (SSSR count). The molecule has 2 N–H and O–H groups in total. The molecule has 1 amide bonds. The molecule has 0 aliphatic carbocycles. The minimum Gasteiger partial charge on any atom is -0.361 e. The summed E-state index contributed by atoms with van der Waals surface area (Å²) in [5.41, 5.74) is 2.51. The maximum atomic E-state index is 12.2. The molecule has 1 aliphatic rings. The minimum atomic E-state index is -0.206. The van der Waals surface area contributed by atoms with Gasteiger partial charge in [0.2, 0.25) is 0 Å². The number of hydrogen-bond donors (Lipinski definition) is 2. The van der Waals surface area contributed by atoms with Gasteiger partial charge in [-0.1, -0.05) is 63.8 Å². The molecule has 1 aromatic carbocycles. The van der Waals surface area contributed by atoms with Crippen molar-refractivity contribution in [3.8, 4) is 0 Å². The predicted octanol–water partition coefficient (Wildman–Crippen LogP) is 3.28. The lowest BCUT2D eigenvalue weighted by Crippen LogP contribution is -2.45. The summed E-state index contributed by atoms with van der Waals surface area (Å²) in [5.74, 6) is -0.0631. The molecule has 1 unspecified atom stereocenters. The Hall–Kier alpha value is -2.03. The van der Waals surface area contributed by atoms with Crippen LogP contribution in [-0.2, 0) is 4.79 Å². The Morgan fingerprint density at radius 2 is 1.85 bits per heavy atom. The first-order valence-electron chi connectivity index (χ1n) is 6.88. The fourth-order valence-electron chi connectivity index (χ4n) is 2.07. The number of nitrogens with one attached hydrogen (secondary N) is 2. The molecule has 3 heteroatoms. The molecule has 1 aromatic rings. The molecule has 0 radical (unpaired) electrons. The molecule has 1 heterocycles. The highest BCUT2D eigenvalue weighted by Crippen LogP contribution is 2.24. The van der Waals surface area contributed by atoms with Crippen LogP contribution >= 0.6 is 0 Å². The summed E-state index contributed by atoms with van der Waals surface area (Å²) in [4.78, 5) is 12.2. The summed E-state index contributed by atoms with van der Waals surface area (Å²) in [6.45, 7) is 10.4. The lowest BCUT2D eigenvalue weighted by atomic mass is 9.90. The molecular formula is C17H22N2O. The fourth-order valence-corrected chi connectivity index (χ4v) is 2.07. The van der Waals surface area contributed by atoms with Crippen LogP contribution < -0.4 is 10.6 Å². The van der Waals surface area contributed by atoms with E-state index in [1.807, 2.05) is 36.4 Å². The van der Waals surface area contributed by atoms with Gasteiger partial charge in [0.05, 0.1) is 5.57 Å². The monoisotopic (exact) mass is 270 g/mol. The third kappa shape index (κ3) is 3.50. The van der Waals surface area contributed by atoms with Crippen molar-refractivity contribution >= 4 is 5.91 Å². The molecule has 1 aliphatic heterocycles. The van der Waals surface area contributed by atoms with Crippen LogP contribution in [0.4, 0.5) is 0 Å². The van der Waals surface area contributed by atoms with E-state index in [0.29, 0.717) is 11.3 Å². The van der Waals surface area contributed by atoms with Gasteiger partial charge in [0.25, 0.3) is 5.91 Å². The smallest absolute Gasteiger partial charge is 0.254 e. The Morgan fingerprint density at radius 3 is 2.40 bits per heavy atom. The molecule has 0 spiro atoms. The summed E-state index contributed by atoms with van der Waals surface area (Å²) < 4.78 is 0. The summed E-state index contributed by atoms with van der Waals surface area (Å²) in [7, 11) is 0. The Morgan fingerprint density at radius 1 is 1.20 bits per heavy atom. The van der Waals surface area contributed by atoms with Crippen LogP contribution in [0.15, 0.2) is 54.3 Å².